The third kappa shape index (κ3) is 2.80. The number of hydrogen-bond acceptors (Lipinski definition) is 2. The normalized spacial score (nSPS) is 10.4. The van der Waals surface area contributed by atoms with Gasteiger partial charge < -0.3 is 0 Å². The van der Waals surface area contributed by atoms with E-state index in [1.54, 1.807) is 12.3 Å². The molecule has 2 aromatic rings. The molecule has 0 aliphatic heterocycles. The van der Waals surface area contributed by atoms with Crippen LogP contribution in [0.3, 0.4) is 0 Å². The van der Waals surface area contributed by atoms with Crippen molar-refractivity contribution < 1.29 is 8.78 Å². The summed E-state index contributed by atoms with van der Waals surface area (Å²) >= 11 is 4.55. The Hall–Kier alpha value is -0.940. The molecule has 16 heavy (non-hydrogen) atoms. The van der Waals surface area contributed by atoms with Gasteiger partial charge in [-0.3, -0.25) is 0 Å². The molecule has 82 valence electrons. The Bertz CT molecular complexity index is 502. The van der Waals surface area contributed by atoms with Crippen molar-refractivity contribution in [3.63, 3.8) is 0 Å². The Morgan fingerprint density at radius 1 is 1.06 bits per heavy atom. The summed E-state index contributed by atoms with van der Waals surface area (Å²) in [5.74, 6) is -1.68. The fourth-order valence-electron chi connectivity index (χ4n) is 1.08. The summed E-state index contributed by atoms with van der Waals surface area (Å²) in [5, 5.41) is 0.731. The molecule has 1 nitrogen and oxygen atoms in total. The highest BCUT2D eigenvalue weighted by molar-refractivity contribution is 9.10. The van der Waals surface area contributed by atoms with Crippen LogP contribution in [0.5, 0.6) is 0 Å². The van der Waals surface area contributed by atoms with Crippen LogP contribution in [0.2, 0.25) is 0 Å². The van der Waals surface area contributed by atoms with Crippen molar-refractivity contribution in [2.24, 2.45) is 0 Å². The average molecular weight is 302 g/mol. The molecule has 0 N–H and O–H groups in total. The maximum Gasteiger partial charge on any atom is 0.159 e. The molecule has 0 atom stereocenters. The molecule has 1 heterocycles. The molecule has 0 aliphatic carbocycles. The van der Waals surface area contributed by atoms with Crippen LogP contribution < -0.4 is 0 Å². The molecule has 0 saturated carbocycles. The first-order valence-electron chi connectivity index (χ1n) is 4.39. The molecule has 0 fully saturated rings. The van der Waals surface area contributed by atoms with Gasteiger partial charge in [0.05, 0.1) is 0 Å². The van der Waals surface area contributed by atoms with Gasteiger partial charge in [-0.05, 0) is 46.3 Å². The lowest BCUT2D eigenvalue weighted by atomic mass is 10.3. The topological polar surface area (TPSA) is 12.9 Å². The van der Waals surface area contributed by atoms with Crippen molar-refractivity contribution in [2.75, 3.05) is 0 Å². The highest BCUT2D eigenvalue weighted by Crippen LogP contribution is 2.27. The number of hydrogen-bond donors (Lipinski definition) is 0. The molecule has 5 heteroatoms. The smallest absolute Gasteiger partial charge is 0.159 e. The zero-order valence-electron chi connectivity index (χ0n) is 7.95. The van der Waals surface area contributed by atoms with Crippen molar-refractivity contribution >= 4 is 27.7 Å². The van der Waals surface area contributed by atoms with Gasteiger partial charge in [-0.2, -0.15) is 0 Å². The predicted molar refractivity (Wildman–Crippen MR) is 62.4 cm³/mol. The largest absolute Gasteiger partial charge is 0.248 e. The predicted octanol–water partition coefficient (Wildman–Crippen LogP) is 4.27. The molecule has 0 saturated heterocycles. The minimum atomic E-state index is -0.845. The summed E-state index contributed by atoms with van der Waals surface area (Å²) < 4.78 is 26.5. The molecular formula is C11H6BrF2NS. The minimum Gasteiger partial charge on any atom is -0.248 e. The van der Waals surface area contributed by atoms with Crippen molar-refractivity contribution in [2.45, 2.75) is 9.92 Å². The van der Waals surface area contributed by atoms with E-state index in [0.29, 0.717) is 4.90 Å². The van der Waals surface area contributed by atoms with E-state index in [1.807, 2.05) is 6.07 Å². The third-order valence-corrected chi connectivity index (χ3v) is 3.22. The van der Waals surface area contributed by atoms with Crippen LogP contribution in [0.25, 0.3) is 0 Å². The SMILES string of the molecule is Fc1ccc(Sc2ccc(Br)cn2)cc1F. The molecular weight excluding hydrogens is 296 g/mol. The zero-order chi connectivity index (χ0) is 11.5. The first-order valence-corrected chi connectivity index (χ1v) is 6.00. The van der Waals surface area contributed by atoms with Gasteiger partial charge >= 0.3 is 0 Å². The lowest BCUT2D eigenvalue weighted by Gasteiger charge is -2.01. The number of rotatable bonds is 2. The van der Waals surface area contributed by atoms with E-state index in [4.69, 9.17) is 0 Å². The lowest BCUT2D eigenvalue weighted by Crippen LogP contribution is -1.84. The van der Waals surface area contributed by atoms with Gasteiger partial charge in [-0.25, -0.2) is 13.8 Å². The van der Waals surface area contributed by atoms with Crippen LogP contribution >= 0.6 is 27.7 Å². The monoisotopic (exact) mass is 301 g/mol. The van der Waals surface area contributed by atoms with Gasteiger partial charge in [0.15, 0.2) is 11.6 Å². The molecule has 2 rings (SSSR count). The third-order valence-electron chi connectivity index (χ3n) is 1.81. The number of aromatic nitrogens is 1. The molecule has 0 amide bonds. The van der Waals surface area contributed by atoms with E-state index in [1.165, 1.54) is 17.8 Å². The highest BCUT2D eigenvalue weighted by Gasteiger charge is 2.04. The van der Waals surface area contributed by atoms with Crippen LogP contribution in [0, 0.1) is 11.6 Å². The Kier molecular flexibility index (Phi) is 3.56. The summed E-state index contributed by atoms with van der Waals surface area (Å²) in [6.07, 6.45) is 1.65. The average Bonchev–Trinajstić information content (AvgIpc) is 2.27. The quantitative estimate of drug-likeness (QED) is 0.821. The van der Waals surface area contributed by atoms with Crippen LogP contribution in [0.1, 0.15) is 0 Å². The number of benzene rings is 1. The van der Waals surface area contributed by atoms with E-state index in [-0.39, 0.29) is 0 Å². The van der Waals surface area contributed by atoms with E-state index in [0.717, 1.165) is 21.6 Å². The Labute approximate surface area is 104 Å². The fourth-order valence-corrected chi connectivity index (χ4v) is 2.10. The van der Waals surface area contributed by atoms with Crippen LogP contribution in [-0.4, -0.2) is 4.98 Å². The first kappa shape index (κ1) is 11.5. The summed E-state index contributed by atoms with van der Waals surface area (Å²) in [4.78, 5) is 4.74. The Morgan fingerprint density at radius 3 is 2.50 bits per heavy atom. The molecule has 1 aromatic carbocycles. The second-order valence-corrected chi connectivity index (χ2v) is 5.00. The Balaban J connectivity index is 2.20. The van der Waals surface area contributed by atoms with Crippen LogP contribution in [0.4, 0.5) is 8.78 Å². The second kappa shape index (κ2) is 4.93. The summed E-state index contributed by atoms with van der Waals surface area (Å²) in [6, 6.07) is 7.43. The van der Waals surface area contributed by atoms with Gasteiger partial charge in [-0.15, -0.1) is 0 Å². The zero-order valence-corrected chi connectivity index (χ0v) is 10.4. The number of pyridine rings is 1. The molecule has 0 unspecified atom stereocenters. The maximum absolute atomic E-state index is 12.9. The van der Waals surface area contributed by atoms with Gasteiger partial charge in [-0.1, -0.05) is 11.8 Å². The van der Waals surface area contributed by atoms with Crippen molar-refractivity contribution in [3.05, 3.63) is 52.6 Å². The molecule has 0 spiro atoms. The molecule has 0 aliphatic rings. The van der Waals surface area contributed by atoms with Crippen LogP contribution in [0.15, 0.2) is 50.9 Å². The Morgan fingerprint density at radius 2 is 1.88 bits per heavy atom. The maximum atomic E-state index is 12.9. The first-order chi connectivity index (χ1) is 7.65. The second-order valence-electron chi connectivity index (χ2n) is 2.99. The van der Waals surface area contributed by atoms with E-state index >= 15 is 0 Å². The highest BCUT2D eigenvalue weighted by atomic mass is 79.9. The van der Waals surface area contributed by atoms with Crippen LogP contribution in [-0.2, 0) is 0 Å². The van der Waals surface area contributed by atoms with Crippen molar-refractivity contribution in [1.82, 2.24) is 4.98 Å². The van der Waals surface area contributed by atoms with E-state index < -0.39 is 11.6 Å². The lowest BCUT2D eigenvalue weighted by molar-refractivity contribution is 0.506. The van der Waals surface area contributed by atoms with Crippen molar-refractivity contribution in [1.29, 1.82) is 0 Å². The number of nitrogens with zero attached hydrogens (tertiary/aromatic N) is 1. The van der Waals surface area contributed by atoms with Gasteiger partial charge in [0.25, 0.3) is 0 Å². The van der Waals surface area contributed by atoms with Gasteiger partial charge in [0.2, 0.25) is 0 Å². The molecule has 0 radical (unpaired) electrons. The van der Waals surface area contributed by atoms with E-state index in [2.05, 4.69) is 20.9 Å². The van der Waals surface area contributed by atoms with E-state index in [9.17, 15) is 8.78 Å². The minimum absolute atomic E-state index is 0.619. The molecule has 1 aromatic heterocycles. The fraction of sp³-hybridized carbons (Fsp3) is 0. The van der Waals surface area contributed by atoms with Crippen molar-refractivity contribution in [3.8, 4) is 0 Å². The standard InChI is InChI=1S/C11H6BrF2NS/c12-7-1-4-11(15-6-7)16-8-2-3-9(13)10(14)5-8/h1-6H. The number of halogens is 3. The molecule has 0 bridgehead atoms. The van der Waals surface area contributed by atoms with Gasteiger partial charge in [0.1, 0.15) is 5.03 Å². The van der Waals surface area contributed by atoms with Gasteiger partial charge in [0, 0.05) is 15.6 Å². The summed E-state index contributed by atoms with van der Waals surface area (Å²) in [5.41, 5.74) is 0. The summed E-state index contributed by atoms with van der Waals surface area (Å²) in [7, 11) is 0. The summed E-state index contributed by atoms with van der Waals surface area (Å²) in [6.45, 7) is 0.